The van der Waals surface area contributed by atoms with E-state index in [1.54, 1.807) is 0 Å². The minimum atomic E-state index is -4.52. The number of nitrogens with zero attached hydrogens (tertiary/aromatic N) is 4. The Morgan fingerprint density at radius 3 is 2.66 bits per heavy atom. The predicted octanol–water partition coefficient (Wildman–Crippen LogP) is 4.78. The van der Waals surface area contributed by atoms with Crippen LogP contribution in [-0.4, -0.2) is 52.6 Å². The smallest absolute Gasteiger partial charge is 0.378 e. The van der Waals surface area contributed by atoms with Gasteiger partial charge in [0.05, 0.1) is 41.4 Å². The quantitative estimate of drug-likeness (QED) is 0.397. The number of carbonyl (C=O) groups is 1. The fourth-order valence-electron chi connectivity index (χ4n) is 4.18. The van der Waals surface area contributed by atoms with Crippen LogP contribution < -0.4 is 10.2 Å². The van der Waals surface area contributed by atoms with Crippen molar-refractivity contribution in [3.8, 4) is 0 Å². The van der Waals surface area contributed by atoms with Crippen LogP contribution in [0.4, 0.5) is 24.5 Å². The molecule has 3 heterocycles. The molecule has 0 spiro atoms. The van der Waals surface area contributed by atoms with E-state index in [-0.39, 0.29) is 11.4 Å². The number of alkyl halides is 3. The van der Waals surface area contributed by atoms with Crippen LogP contribution in [0, 0.1) is 6.92 Å². The number of amides is 1. The van der Waals surface area contributed by atoms with Gasteiger partial charge in [0.1, 0.15) is 0 Å². The van der Waals surface area contributed by atoms with Crippen LogP contribution in [-0.2, 0) is 15.7 Å². The normalized spacial score (nSPS) is 14.6. The molecule has 2 aromatic carbocycles. The molecule has 1 amide bonds. The highest BCUT2D eigenvalue weighted by atomic mass is 32.2. The Morgan fingerprint density at radius 2 is 1.89 bits per heavy atom. The molecule has 1 aliphatic heterocycles. The molecule has 0 bridgehead atoms. The summed E-state index contributed by atoms with van der Waals surface area (Å²) in [6, 6.07) is 13.2. The maximum absolute atomic E-state index is 13.3. The second kappa shape index (κ2) is 9.38. The number of benzene rings is 2. The zero-order valence-electron chi connectivity index (χ0n) is 18.8. The van der Waals surface area contributed by atoms with Crippen molar-refractivity contribution >= 4 is 45.6 Å². The molecule has 1 saturated heterocycles. The molecular weight excluding hydrogens is 479 g/mol. The lowest BCUT2D eigenvalue weighted by molar-refractivity contribution is -0.137. The van der Waals surface area contributed by atoms with Crippen molar-refractivity contribution < 1.29 is 22.7 Å². The van der Waals surface area contributed by atoms with Crippen molar-refractivity contribution in [3.05, 3.63) is 59.7 Å². The molecule has 0 atom stereocenters. The van der Waals surface area contributed by atoms with Crippen molar-refractivity contribution in [1.82, 2.24) is 14.6 Å². The number of nitrogens with one attached hydrogen (secondary N) is 1. The van der Waals surface area contributed by atoms with E-state index in [0.717, 1.165) is 28.6 Å². The first-order valence-electron chi connectivity index (χ1n) is 11.0. The van der Waals surface area contributed by atoms with E-state index in [0.29, 0.717) is 42.8 Å². The van der Waals surface area contributed by atoms with Gasteiger partial charge >= 0.3 is 6.18 Å². The van der Waals surface area contributed by atoms with Crippen molar-refractivity contribution in [1.29, 1.82) is 0 Å². The molecule has 0 unspecified atom stereocenters. The molecule has 35 heavy (non-hydrogen) atoms. The highest BCUT2D eigenvalue weighted by Gasteiger charge is 2.32. The number of rotatable bonds is 5. The molecule has 7 nitrogen and oxygen atoms in total. The van der Waals surface area contributed by atoms with Gasteiger partial charge in [-0.25, -0.2) is 0 Å². The fraction of sp³-hybridized carbons (Fsp3) is 0.292. The number of halogens is 3. The standard InChI is InChI=1S/C24H22F3N5O2S/c1-15-12-21-29-30-23(32(21)19-5-3-2-4-17(15)19)35-14-22(33)28-18-13-16(24(25,26)27)6-7-20(18)31-8-10-34-11-9-31/h2-7,12-13H,8-11,14H2,1H3,(H,28,33). The van der Waals surface area contributed by atoms with E-state index in [1.807, 2.05) is 46.6 Å². The van der Waals surface area contributed by atoms with Crippen molar-refractivity contribution in [2.45, 2.75) is 18.3 Å². The van der Waals surface area contributed by atoms with Crippen LogP contribution in [0.15, 0.2) is 53.7 Å². The van der Waals surface area contributed by atoms with Crippen LogP contribution >= 0.6 is 11.8 Å². The average molecular weight is 502 g/mol. The van der Waals surface area contributed by atoms with Gasteiger partial charge in [-0.15, -0.1) is 10.2 Å². The van der Waals surface area contributed by atoms with Gasteiger partial charge in [-0.05, 0) is 42.8 Å². The van der Waals surface area contributed by atoms with Gasteiger partial charge in [0.25, 0.3) is 0 Å². The molecule has 182 valence electrons. The molecule has 11 heteroatoms. The molecule has 5 rings (SSSR count). The van der Waals surface area contributed by atoms with Crippen molar-refractivity contribution in [2.24, 2.45) is 0 Å². The van der Waals surface area contributed by atoms with Gasteiger partial charge in [-0.2, -0.15) is 13.2 Å². The summed E-state index contributed by atoms with van der Waals surface area (Å²) >= 11 is 1.18. The number of para-hydroxylation sites is 1. The van der Waals surface area contributed by atoms with Gasteiger partial charge in [0.2, 0.25) is 5.91 Å². The Bertz CT molecular complexity index is 1400. The lowest BCUT2D eigenvalue weighted by Crippen LogP contribution is -2.37. The number of thioether (sulfide) groups is 1. The Morgan fingerprint density at radius 1 is 1.11 bits per heavy atom. The average Bonchev–Trinajstić information content (AvgIpc) is 3.26. The van der Waals surface area contributed by atoms with E-state index in [2.05, 4.69) is 15.5 Å². The summed E-state index contributed by atoms with van der Waals surface area (Å²) in [5.74, 6) is -0.473. The molecular formula is C24H22F3N5O2S. The van der Waals surface area contributed by atoms with Gasteiger partial charge in [-0.1, -0.05) is 30.0 Å². The number of anilines is 2. The topological polar surface area (TPSA) is 71.8 Å². The number of fused-ring (bicyclic) bond motifs is 3. The maximum atomic E-state index is 13.3. The lowest BCUT2D eigenvalue weighted by Gasteiger charge is -2.31. The van der Waals surface area contributed by atoms with Crippen molar-refractivity contribution in [2.75, 3.05) is 42.3 Å². The Hall–Kier alpha value is -3.31. The summed E-state index contributed by atoms with van der Waals surface area (Å²) < 4.78 is 47.3. The Balaban J connectivity index is 1.39. The molecule has 0 saturated carbocycles. The third-order valence-electron chi connectivity index (χ3n) is 5.86. The van der Waals surface area contributed by atoms with Crippen LogP contribution in [0.2, 0.25) is 0 Å². The Labute approximate surface area is 203 Å². The largest absolute Gasteiger partial charge is 0.416 e. The summed E-state index contributed by atoms with van der Waals surface area (Å²) in [6.07, 6.45) is -4.52. The molecule has 1 fully saturated rings. The summed E-state index contributed by atoms with van der Waals surface area (Å²) in [6.45, 7) is 4.00. The van der Waals surface area contributed by atoms with Gasteiger partial charge in [0, 0.05) is 18.5 Å². The zero-order chi connectivity index (χ0) is 24.6. The number of aromatic nitrogens is 3. The predicted molar refractivity (Wildman–Crippen MR) is 129 cm³/mol. The van der Waals surface area contributed by atoms with Crippen LogP contribution in [0.25, 0.3) is 16.6 Å². The monoisotopic (exact) mass is 501 g/mol. The number of ether oxygens (including phenoxy) is 1. The van der Waals surface area contributed by atoms with Crippen LogP contribution in [0.3, 0.4) is 0 Å². The SMILES string of the molecule is Cc1cc2nnc(SCC(=O)Nc3cc(C(F)(F)F)ccc3N3CCOCC3)n2c2ccccc12. The first kappa shape index (κ1) is 23.4. The number of pyridine rings is 1. The number of hydrogen-bond donors (Lipinski definition) is 1. The molecule has 1 N–H and O–H groups in total. The summed E-state index contributed by atoms with van der Waals surface area (Å²) in [4.78, 5) is 14.8. The second-order valence-electron chi connectivity index (χ2n) is 8.19. The van der Waals surface area contributed by atoms with Crippen molar-refractivity contribution in [3.63, 3.8) is 0 Å². The molecule has 1 aliphatic rings. The molecule has 0 aliphatic carbocycles. The first-order valence-corrected chi connectivity index (χ1v) is 12.0. The van der Waals surface area contributed by atoms with Crippen LogP contribution in [0.5, 0.6) is 0 Å². The zero-order valence-corrected chi connectivity index (χ0v) is 19.6. The molecule has 0 radical (unpaired) electrons. The summed E-state index contributed by atoms with van der Waals surface area (Å²) in [7, 11) is 0. The Kier molecular flexibility index (Phi) is 6.28. The fourth-order valence-corrected chi connectivity index (χ4v) is 4.93. The van der Waals surface area contributed by atoms with E-state index in [1.165, 1.54) is 17.8 Å². The van der Waals surface area contributed by atoms with Gasteiger partial charge in [0.15, 0.2) is 10.8 Å². The van der Waals surface area contributed by atoms with E-state index in [9.17, 15) is 18.0 Å². The lowest BCUT2D eigenvalue weighted by atomic mass is 10.1. The first-order chi connectivity index (χ1) is 16.8. The number of carbonyl (C=O) groups excluding carboxylic acids is 1. The minimum Gasteiger partial charge on any atom is -0.378 e. The van der Waals surface area contributed by atoms with Gasteiger partial charge < -0.3 is 15.0 Å². The third kappa shape index (κ3) is 4.78. The second-order valence-corrected chi connectivity index (χ2v) is 9.13. The van der Waals surface area contributed by atoms with E-state index < -0.39 is 17.6 Å². The maximum Gasteiger partial charge on any atom is 0.416 e. The van der Waals surface area contributed by atoms with Crippen LogP contribution in [0.1, 0.15) is 11.1 Å². The highest BCUT2D eigenvalue weighted by Crippen LogP contribution is 2.36. The van der Waals surface area contributed by atoms with E-state index in [4.69, 9.17) is 4.74 Å². The molecule has 2 aromatic heterocycles. The summed E-state index contributed by atoms with van der Waals surface area (Å²) in [5, 5.41) is 12.7. The van der Waals surface area contributed by atoms with E-state index >= 15 is 0 Å². The highest BCUT2D eigenvalue weighted by molar-refractivity contribution is 7.99. The van der Waals surface area contributed by atoms with Gasteiger partial charge in [-0.3, -0.25) is 9.20 Å². The third-order valence-corrected chi connectivity index (χ3v) is 6.78. The number of aryl methyl sites for hydroxylation is 1. The number of morpholine rings is 1. The molecule has 4 aromatic rings. The minimum absolute atomic E-state index is 0.0399. The summed E-state index contributed by atoms with van der Waals surface area (Å²) in [5.41, 5.74) is 2.49. The number of hydrogen-bond acceptors (Lipinski definition) is 6.